The number of hydrogen-bond acceptors (Lipinski definition) is 2. The quantitative estimate of drug-likeness (QED) is 0.645. The van der Waals surface area contributed by atoms with Crippen molar-refractivity contribution in [2.24, 2.45) is 0 Å². The van der Waals surface area contributed by atoms with E-state index in [1.807, 2.05) is 43.6 Å². The third-order valence-electron chi connectivity index (χ3n) is 1.22. The molecule has 0 spiro atoms. The molecule has 0 saturated heterocycles. The smallest absolute Gasteiger partial charge is 0.129 e. The van der Waals surface area contributed by atoms with Crippen LogP contribution in [0.4, 0.5) is 0 Å². The lowest BCUT2D eigenvalue weighted by molar-refractivity contribution is -0.116. The Balaban J connectivity index is 0.000000217. The van der Waals surface area contributed by atoms with Crippen LogP contribution in [-0.4, -0.2) is 5.78 Å². The van der Waals surface area contributed by atoms with Crippen molar-refractivity contribution in [3.8, 4) is 0 Å². The van der Waals surface area contributed by atoms with Gasteiger partial charge in [-0.1, -0.05) is 19.1 Å². The predicted octanol–water partition coefficient (Wildman–Crippen LogP) is 2.16. The lowest BCUT2D eigenvalue weighted by Gasteiger charge is -1.79. The van der Waals surface area contributed by atoms with Crippen LogP contribution in [-0.2, 0) is 4.79 Å². The summed E-state index contributed by atoms with van der Waals surface area (Å²) < 4.78 is 0. The molecule has 0 atom stereocenters. The minimum absolute atomic E-state index is 0.255. The highest BCUT2D eigenvalue weighted by Crippen LogP contribution is 1.81. The second kappa shape index (κ2) is 7.79. The van der Waals surface area contributed by atoms with E-state index in [9.17, 15) is 4.79 Å². The Bertz CT molecular complexity index is 188. The Morgan fingerprint density at radius 3 is 1.92 bits per heavy atom. The summed E-state index contributed by atoms with van der Waals surface area (Å²) in [6.45, 7) is 3.43. The average molecular weight is 165 g/mol. The van der Waals surface area contributed by atoms with Crippen LogP contribution in [0.3, 0.4) is 0 Å². The zero-order valence-electron chi connectivity index (χ0n) is 7.58. The molecule has 1 rings (SSSR count). The van der Waals surface area contributed by atoms with Gasteiger partial charge in [0.05, 0.1) is 0 Å². The van der Waals surface area contributed by atoms with Crippen molar-refractivity contribution in [2.45, 2.75) is 20.3 Å². The van der Waals surface area contributed by atoms with E-state index < -0.39 is 0 Å². The Morgan fingerprint density at radius 1 is 1.17 bits per heavy atom. The number of ketones is 1. The molecular formula is C10H15NO. The van der Waals surface area contributed by atoms with Crippen LogP contribution in [0, 0.1) is 0 Å². The van der Waals surface area contributed by atoms with Crippen LogP contribution in [0.5, 0.6) is 0 Å². The third-order valence-corrected chi connectivity index (χ3v) is 1.22. The van der Waals surface area contributed by atoms with Crippen LogP contribution < -0.4 is 5.32 Å². The van der Waals surface area contributed by atoms with Crippen LogP contribution >= 0.6 is 0 Å². The first kappa shape index (κ1) is 10.7. The lowest BCUT2D eigenvalue weighted by Crippen LogP contribution is -1.87. The fourth-order valence-electron chi connectivity index (χ4n) is 0.406. The Labute approximate surface area is 73.7 Å². The van der Waals surface area contributed by atoms with E-state index in [4.69, 9.17) is 0 Å². The minimum atomic E-state index is 0.255. The van der Waals surface area contributed by atoms with E-state index in [1.54, 1.807) is 6.92 Å². The molecule has 0 fully saturated rings. The van der Waals surface area contributed by atoms with Gasteiger partial charge in [-0.3, -0.25) is 0 Å². The van der Waals surface area contributed by atoms with Gasteiger partial charge in [0.1, 0.15) is 5.78 Å². The minimum Gasteiger partial charge on any atom is -0.368 e. The van der Waals surface area contributed by atoms with Gasteiger partial charge in [0.2, 0.25) is 0 Å². The summed E-state index contributed by atoms with van der Waals surface area (Å²) >= 11 is 0. The summed E-state index contributed by atoms with van der Waals surface area (Å²) in [5.74, 6) is 0.255. The van der Waals surface area contributed by atoms with Gasteiger partial charge in [-0.25, -0.2) is 0 Å². The van der Waals surface area contributed by atoms with E-state index in [0.29, 0.717) is 6.42 Å². The molecule has 0 aromatic heterocycles. The molecule has 0 amide bonds. The first-order valence-electron chi connectivity index (χ1n) is 4.01. The SMILES string of the molecule is C1=CC=CNC=C1.CCC(C)=O. The molecule has 0 aromatic rings. The molecule has 2 nitrogen and oxygen atoms in total. The second-order valence-corrected chi connectivity index (χ2v) is 2.33. The Hall–Kier alpha value is -1.31. The molecule has 12 heavy (non-hydrogen) atoms. The van der Waals surface area contributed by atoms with Crippen molar-refractivity contribution in [3.63, 3.8) is 0 Å². The zero-order valence-corrected chi connectivity index (χ0v) is 7.58. The van der Waals surface area contributed by atoms with Crippen molar-refractivity contribution in [2.75, 3.05) is 0 Å². The third kappa shape index (κ3) is 8.69. The van der Waals surface area contributed by atoms with Gasteiger partial charge in [-0.2, -0.15) is 0 Å². The first-order valence-corrected chi connectivity index (χ1v) is 4.01. The van der Waals surface area contributed by atoms with Gasteiger partial charge in [0.25, 0.3) is 0 Å². The maximum absolute atomic E-state index is 9.81. The maximum atomic E-state index is 9.81. The molecule has 1 aliphatic rings. The Kier molecular flexibility index (Phi) is 6.94. The number of allylic oxidation sites excluding steroid dienone is 4. The molecule has 2 heteroatoms. The zero-order chi connectivity index (χ0) is 9.23. The lowest BCUT2D eigenvalue weighted by atomic mass is 10.4. The molecule has 0 bridgehead atoms. The molecule has 1 heterocycles. The van der Waals surface area contributed by atoms with Crippen molar-refractivity contribution in [3.05, 3.63) is 36.7 Å². The largest absolute Gasteiger partial charge is 0.368 e. The van der Waals surface area contributed by atoms with Gasteiger partial charge in [-0.05, 0) is 19.1 Å². The number of nitrogens with one attached hydrogen (secondary N) is 1. The van der Waals surface area contributed by atoms with Crippen molar-refractivity contribution < 1.29 is 4.79 Å². The van der Waals surface area contributed by atoms with Crippen LogP contribution in [0.1, 0.15) is 20.3 Å². The van der Waals surface area contributed by atoms with E-state index in [2.05, 4.69) is 5.32 Å². The molecule has 0 unspecified atom stereocenters. The number of Topliss-reactive ketones (excluding diaryl/α,β-unsaturated/α-hetero) is 1. The topological polar surface area (TPSA) is 29.1 Å². The standard InChI is InChI=1S/C6H7N.C4H8O/c1-2-4-6-7-5-3-1;1-3-4(2)5/h1-7H;3H2,1-2H3. The van der Waals surface area contributed by atoms with E-state index in [0.717, 1.165) is 0 Å². The second-order valence-electron chi connectivity index (χ2n) is 2.33. The highest BCUT2D eigenvalue weighted by atomic mass is 16.1. The molecular weight excluding hydrogens is 150 g/mol. The van der Waals surface area contributed by atoms with Crippen molar-refractivity contribution >= 4 is 5.78 Å². The van der Waals surface area contributed by atoms with E-state index in [-0.39, 0.29) is 5.78 Å². The number of carbonyl (C=O) groups excluding carboxylic acids is 1. The van der Waals surface area contributed by atoms with Gasteiger partial charge < -0.3 is 10.1 Å². The molecule has 66 valence electrons. The summed E-state index contributed by atoms with van der Waals surface area (Å²) in [5, 5.41) is 2.92. The van der Waals surface area contributed by atoms with Crippen LogP contribution in [0.25, 0.3) is 0 Å². The summed E-state index contributed by atoms with van der Waals surface area (Å²) in [6.07, 6.45) is 12.2. The monoisotopic (exact) mass is 165 g/mol. The number of carbonyl (C=O) groups is 1. The molecule has 1 aliphatic heterocycles. The average Bonchev–Trinajstić information content (AvgIpc) is 2.35. The summed E-state index contributed by atoms with van der Waals surface area (Å²) in [5.41, 5.74) is 0. The molecule has 0 aliphatic carbocycles. The van der Waals surface area contributed by atoms with E-state index >= 15 is 0 Å². The fourth-order valence-corrected chi connectivity index (χ4v) is 0.406. The molecule has 0 radical (unpaired) electrons. The summed E-state index contributed by atoms with van der Waals surface area (Å²) in [6, 6.07) is 0. The number of hydrogen-bond donors (Lipinski definition) is 1. The number of rotatable bonds is 1. The molecule has 0 saturated carbocycles. The van der Waals surface area contributed by atoms with Gasteiger partial charge >= 0.3 is 0 Å². The van der Waals surface area contributed by atoms with E-state index in [1.165, 1.54) is 0 Å². The first-order chi connectivity index (χ1) is 5.77. The van der Waals surface area contributed by atoms with Gasteiger partial charge in [0, 0.05) is 18.8 Å². The molecule has 0 aromatic carbocycles. The van der Waals surface area contributed by atoms with Gasteiger partial charge in [0.15, 0.2) is 0 Å². The molecule has 1 N–H and O–H groups in total. The fraction of sp³-hybridized carbons (Fsp3) is 0.300. The normalized spacial score (nSPS) is 12.5. The van der Waals surface area contributed by atoms with Crippen LogP contribution in [0.15, 0.2) is 36.7 Å². The highest BCUT2D eigenvalue weighted by molar-refractivity contribution is 5.74. The van der Waals surface area contributed by atoms with Crippen LogP contribution in [0.2, 0.25) is 0 Å². The summed E-state index contributed by atoms with van der Waals surface area (Å²) in [7, 11) is 0. The van der Waals surface area contributed by atoms with Crippen molar-refractivity contribution in [1.82, 2.24) is 5.32 Å². The van der Waals surface area contributed by atoms with Gasteiger partial charge in [-0.15, -0.1) is 0 Å². The Morgan fingerprint density at radius 2 is 1.58 bits per heavy atom. The summed E-state index contributed by atoms with van der Waals surface area (Å²) in [4.78, 5) is 9.81. The highest BCUT2D eigenvalue weighted by Gasteiger charge is 1.76. The van der Waals surface area contributed by atoms with Crippen molar-refractivity contribution in [1.29, 1.82) is 0 Å². The maximum Gasteiger partial charge on any atom is 0.129 e. The predicted molar refractivity (Wildman–Crippen MR) is 51.5 cm³/mol.